The van der Waals surface area contributed by atoms with Crippen molar-refractivity contribution < 1.29 is 4.79 Å². The number of piperidine rings is 1. The van der Waals surface area contributed by atoms with E-state index in [0.29, 0.717) is 30.6 Å². The third kappa shape index (κ3) is 4.03. The number of fused-ring (bicyclic) bond motifs is 3. The summed E-state index contributed by atoms with van der Waals surface area (Å²) in [7, 11) is 0. The second-order valence-electron chi connectivity index (χ2n) is 8.34. The van der Waals surface area contributed by atoms with Gasteiger partial charge in [0.25, 0.3) is 5.56 Å². The van der Waals surface area contributed by atoms with E-state index in [1.165, 1.54) is 23.9 Å². The average molecular weight is 430 g/mol. The van der Waals surface area contributed by atoms with Crippen LogP contribution < -0.4 is 10.9 Å². The zero-order chi connectivity index (χ0) is 21.3. The van der Waals surface area contributed by atoms with Gasteiger partial charge in [-0.3, -0.25) is 18.9 Å². The van der Waals surface area contributed by atoms with E-state index in [1.54, 1.807) is 11.3 Å². The molecule has 0 radical (unpaired) electrons. The molecule has 3 aromatic heterocycles. The number of hydrogen-bond acceptors (Lipinski definition) is 5. The molecule has 3 aromatic rings. The number of carbonyl (C=O) groups is 1. The summed E-state index contributed by atoms with van der Waals surface area (Å²) >= 11 is 1.61. The van der Waals surface area contributed by atoms with Gasteiger partial charge in [-0.15, -0.1) is 11.3 Å². The Bertz CT molecular complexity index is 1090. The summed E-state index contributed by atoms with van der Waals surface area (Å²) in [5, 5.41) is 9.46. The molecule has 1 N–H and O–H groups in total. The van der Waals surface area contributed by atoms with E-state index >= 15 is 0 Å². The first-order valence-electron chi connectivity index (χ1n) is 11.0. The van der Waals surface area contributed by atoms with Gasteiger partial charge in [0, 0.05) is 31.6 Å². The molecule has 4 heterocycles. The van der Waals surface area contributed by atoms with Crippen molar-refractivity contribution in [2.24, 2.45) is 0 Å². The number of likely N-dealkylation sites (tertiary alicyclic amines) is 1. The minimum Gasteiger partial charge on any atom is -0.354 e. The van der Waals surface area contributed by atoms with Crippen molar-refractivity contribution in [3.05, 3.63) is 33.7 Å². The number of aryl methyl sites for hydroxylation is 1. The highest BCUT2D eigenvalue weighted by Crippen LogP contribution is 2.25. The number of nitrogens with one attached hydrogen (secondary N) is 1. The second kappa shape index (κ2) is 8.89. The number of amides is 1. The third-order valence-corrected chi connectivity index (χ3v) is 7.12. The first-order valence-corrected chi connectivity index (χ1v) is 11.9. The SMILES string of the molecule is CCc1nn(CC(=O)NCCCN2[C@H](C)CCC[C@H]2C)c(=O)c2cc3sccc3n12. The summed E-state index contributed by atoms with van der Waals surface area (Å²) in [5.41, 5.74) is 1.38. The zero-order valence-corrected chi connectivity index (χ0v) is 18.9. The molecule has 1 fully saturated rings. The fourth-order valence-electron chi connectivity index (χ4n) is 4.66. The fourth-order valence-corrected chi connectivity index (χ4v) is 5.46. The Kier molecular flexibility index (Phi) is 6.24. The monoisotopic (exact) mass is 429 g/mol. The third-order valence-electron chi connectivity index (χ3n) is 6.27. The molecule has 1 amide bonds. The predicted octanol–water partition coefficient (Wildman–Crippen LogP) is 3.04. The molecular weight excluding hydrogens is 398 g/mol. The quantitative estimate of drug-likeness (QED) is 0.586. The molecule has 0 bridgehead atoms. The van der Waals surface area contributed by atoms with E-state index in [-0.39, 0.29) is 18.0 Å². The fraction of sp³-hybridized carbons (Fsp3) is 0.591. The van der Waals surface area contributed by atoms with Crippen molar-refractivity contribution in [1.82, 2.24) is 24.4 Å². The first-order chi connectivity index (χ1) is 14.5. The van der Waals surface area contributed by atoms with Crippen molar-refractivity contribution in [1.29, 1.82) is 0 Å². The highest BCUT2D eigenvalue weighted by Gasteiger charge is 2.23. The average Bonchev–Trinajstić information content (AvgIpc) is 3.31. The highest BCUT2D eigenvalue weighted by molar-refractivity contribution is 7.17. The summed E-state index contributed by atoms with van der Waals surface area (Å²) in [4.78, 5) is 27.9. The number of hydrogen-bond donors (Lipinski definition) is 1. The minimum absolute atomic E-state index is 0.0440. The number of aromatic nitrogens is 3. The molecule has 1 aliphatic heterocycles. The standard InChI is InChI=1S/C22H31N5O2S/c1-4-20-24-26(22(29)18-13-19-17(27(18)20)9-12-30-19)14-21(28)23-10-6-11-25-15(2)7-5-8-16(25)3/h9,12-13,15-16H,4-8,10-11,14H2,1-3H3,(H,23,28)/t15-,16-/m1/s1. The maximum Gasteiger partial charge on any atom is 0.291 e. The predicted molar refractivity (Wildman–Crippen MR) is 121 cm³/mol. The van der Waals surface area contributed by atoms with Crippen LogP contribution in [-0.2, 0) is 17.8 Å². The van der Waals surface area contributed by atoms with Gasteiger partial charge in [-0.1, -0.05) is 13.3 Å². The summed E-state index contributed by atoms with van der Waals surface area (Å²) in [6.45, 7) is 8.16. The number of carbonyl (C=O) groups excluding carboxylic acids is 1. The van der Waals surface area contributed by atoms with Gasteiger partial charge in [-0.2, -0.15) is 5.10 Å². The molecule has 0 aromatic carbocycles. The lowest BCUT2D eigenvalue weighted by atomic mass is 9.97. The van der Waals surface area contributed by atoms with Gasteiger partial charge in [0.1, 0.15) is 17.9 Å². The minimum atomic E-state index is -0.221. The van der Waals surface area contributed by atoms with E-state index in [1.807, 2.05) is 28.8 Å². The largest absolute Gasteiger partial charge is 0.354 e. The zero-order valence-electron chi connectivity index (χ0n) is 18.1. The van der Waals surface area contributed by atoms with Gasteiger partial charge >= 0.3 is 0 Å². The molecule has 30 heavy (non-hydrogen) atoms. The Hall–Kier alpha value is -2.19. The molecule has 0 aliphatic carbocycles. The van der Waals surface area contributed by atoms with Crippen LogP contribution >= 0.6 is 11.3 Å². The molecule has 4 rings (SSSR count). The topological polar surface area (TPSA) is 71.6 Å². The van der Waals surface area contributed by atoms with Crippen molar-refractivity contribution in [2.45, 2.75) is 71.5 Å². The van der Waals surface area contributed by atoms with Crippen LogP contribution in [0.15, 0.2) is 22.3 Å². The van der Waals surface area contributed by atoms with Crippen LogP contribution in [-0.4, -0.2) is 50.2 Å². The Morgan fingerprint density at radius 2 is 2.03 bits per heavy atom. The van der Waals surface area contributed by atoms with Crippen LogP contribution in [0.1, 0.15) is 52.3 Å². The molecule has 8 heteroatoms. The van der Waals surface area contributed by atoms with Crippen LogP contribution in [0.25, 0.3) is 15.7 Å². The summed E-state index contributed by atoms with van der Waals surface area (Å²) in [6.07, 6.45) is 5.41. The van der Waals surface area contributed by atoms with Crippen LogP contribution in [0, 0.1) is 0 Å². The van der Waals surface area contributed by atoms with Crippen LogP contribution in [0.3, 0.4) is 0 Å². The lowest BCUT2D eigenvalue weighted by molar-refractivity contribution is -0.121. The highest BCUT2D eigenvalue weighted by atomic mass is 32.1. The van der Waals surface area contributed by atoms with Gasteiger partial charge in [-0.05, 0) is 50.6 Å². The molecule has 0 spiro atoms. The Morgan fingerprint density at radius 3 is 2.77 bits per heavy atom. The normalized spacial score (nSPS) is 20.2. The van der Waals surface area contributed by atoms with Crippen molar-refractivity contribution in [3.8, 4) is 0 Å². The smallest absolute Gasteiger partial charge is 0.291 e. The summed E-state index contributed by atoms with van der Waals surface area (Å²) in [6, 6.07) is 5.14. The lowest BCUT2D eigenvalue weighted by Gasteiger charge is -2.39. The first kappa shape index (κ1) is 21.1. The van der Waals surface area contributed by atoms with E-state index in [0.717, 1.165) is 29.0 Å². The summed E-state index contributed by atoms with van der Waals surface area (Å²) in [5.74, 6) is 0.628. The number of nitrogens with zero attached hydrogens (tertiary/aromatic N) is 4. The van der Waals surface area contributed by atoms with Gasteiger partial charge in [0.05, 0.1) is 10.2 Å². The molecule has 7 nitrogen and oxygen atoms in total. The molecule has 1 aliphatic rings. The summed E-state index contributed by atoms with van der Waals surface area (Å²) < 4.78 is 4.29. The Balaban J connectivity index is 1.39. The van der Waals surface area contributed by atoms with Gasteiger partial charge in [0.2, 0.25) is 5.91 Å². The Morgan fingerprint density at radius 1 is 1.27 bits per heavy atom. The Labute approximate surface area is 180 Å². The van der Waals surface area contributed by atoms with E-state index in [9.17, 15) is 9.59 Å². The number of rotatable bonds is 7. The van der Waals surface area contributed by atoms with E-state index < -0.39 is 0 Å². The molecule has 162 valence electrons. The van der Waals surface area contributed by atoms with E-state index in [2.05, 4.69) is 29.2 Å². The van der Waals surface area contributed by atoms with Crippen molar-refractivity contribution in [3.63, 3.8) is 0 Å². The maximum absolute atomic E-state index is 12.9. The van der Waals surface area contributed by atoms with Crippen molar-refractivity contribution in [2.75, 3.05) is 13.1 Å². The molecule has 2 atom stereocenters. The lowest BCUT2D eigenvalue weighted by Crippen LogP contribution is -2.45. The van der Waals surface area contributed by atoms with Crippen LogP contribution in [0.5, 0.6) is 0 Å². The van der Waals surface area contributed by atoms with Crippen LogP contribution in [0.4, 0.5) is 0 Å². The van der Waals surface area contributed by atoms with Gasteiger partial charge < -0.3 is 5.32 Å². The number of thiophene rings is 1. The molecule has 0 saturated carbocycles. The van der Waals surface area contributed by atoms with Gasteiger partial charge in [-0.25, -0.2) is 4.68 Å². The molecule has 0 unspecified atom stereocenters. The molecule has 1 saturated heterocycles. The van der Waals surface area contributed by atoms with Gasteiger partial charge in [0.15, 0.2) is 0 Å². The second-order valence-corrected chi connectivity index (χ2v) is 9.29. The molecular formula is C22H31N5O2S. The van der Waals surface area contributed by atoms with Crippen LogP contribution in [0.2, 0.25) is 0 Å². The van der Waals surface area contributed by atoms with Crippen molar-refractivity contribution >= 4 is 33.0 Å². The maximum atomic E-state index is 12.9. The van der Waals surface area contributed by atoms with E-state index in [4.69, 9.17) is 0 Å².